The maximum Gasteiger partial charge on any atom is 0.422 e. The average molecular weight is 265 g/mol. The number of amides is 1. The molecule has 100 valence electrons. The van der Waals surface area contributed by atoms with E-state index in [1.54, 1.807) is 6.92 Å². The van der Waals surface area contributed by atoms with Gasteiger partial charge in [-0.1, -0.05) is 12.1 Å². The lowest BCUT2D eigenvalue weighted by atomic mass is 10.1. The highest BCUT2D eigenvalue weighted by Crippen LogP contribution is 2.16. The minimum absolute atomic E-state index is 0.439. The minimum atomic E-state index is -4.56. The third kappa shape index (κ3) is 5.03. The van der Waals surface area contributed by atoms with Gasteiger partial charge in [-0.2, -0.15) is 13.2 Å². The fraction of sp³-hybridized carbons (Fsp3) is 0.364. The topological polar surface area (TPSA) is 38.3 Å². The number of alkyl carbamates (subject to hydrolysis) is 1. The van der Waals surface area contributed by atoms with Crippen molar-refractivity contribution < 1.29 is 27.1 Å². The average Bonchev–Trinajstić information content (AvgIpc) is 2.26. The van der Waals surface area contributed by atoms with Crippen LogP contribution in [0.4, 0.5) is 22.4 Å². The molecule has 0 saturated carbocycles. The molecule has 0 unspecified atom stereocenters. The summed E-state index contributed by atoms with van der Waals surface area (Å²) in [4.78, 5) is 11.0. The highest BCUT2D eigenvalue weighted by atomic mass is 19.4. The number of halogens is 4. The lowest BCUT2D eigenvalue weighted by Crippen LogP contribution is -2.30. The largest absolute Gasteiger partial charge is 0.440 e. The fourth-order valence-electron chi connectivity index (χ4n) is 1.20. The van der Waals surface area contributed by atoms with Crippen molar-refractivity contribution in [3.63, 3.8) is 0 Å². The summed E-state index contributed by atoms with van der Waals surface area (Å²) >= 11 is 0. The molecule has 0 aliphatic rings. The number of alkyl halides is 3. The number of nitrogens with one attached hydrogen (secondary N) is 1. The van der Waals surface area contributed by atoms with Crippen molar-refractivity contribution in [2.45, 2.75) is 19.1 Å². The summed E-state index contributed by atoms with van der Waals surface area (Å²) < 4.78 is 51.9. The van der Waals surface area contributed by atoms with Gasteiger partial charge < -0.3 is 10.1 Å². The van der Waals surface area contributed by atoms with Gasteiger partial charge in [-0.25, -0.2) is 9.18 Å². The van der Waals surface area contributed by atoms with Crippen molar-refractivity contribution in [2.75, 3.05) is 6.61 Å². The summed E-state index contributed by atoms with van der Waals surface area (Å²) in [6.45, 7) is -0.100. The van der Waals surface area contributed by atoms with Crippen LogP contribution in [0.5, 0.6) is 0 Å². The first-order chi connectivity index (χ1) is 8.28. The number of carbonyl (C=O) groups excluding carboxylic acids is 1. The van der Waals surface area contributed by atoms with Gasteiger partial charge in [0.2, 0.25) is 0 Å². The SMILES string of the molecule is C[C@@H](NC(=O)OCC(F)(F)F)c1ccc(F)cc1. The molecule has 0 heterocycles. The molecule has 1 atom stereocenters. The smallest absolute Gasteiger partial charge is 0.422 e. The Kier molecular flexibility index (Phi) is 4.52. The molecule has 1 aromatic carbocycles. The van der Waals surface area contributed by atoms with Gasteiger partial charge in [0, 0.05) is 0 Å². The van der Waals surface area contributed by atoms with Crippen molar-refractivity contribution >= 4 is 6.09 Å². The molecule has 7 heteroatoms. The zero-order valence-corrected chi connectivity index (χ0v) is 9.42. The fourth-order valence-corrected chi connectivity index (χ4v) is 1.20. The second-order valence-electron chi connectivity index (χ2n) is 3.61. The van der Waals surface area contributed by atoms with Crippen molar-refractivity contribution in [1.82, 2.24) is 5.32 Å². The lowest BCUT2D eigenvalue weighted by Gasteiger charge is -2.15. The van der Waals surface area contributed by atoms with Crippen molar-refractivity contribution in [2.24, 2.45) is 0 Å². The van der Waals surface area contributed by atoms with E-state index < -0.39 is 30.7 Å². The van der Waals surface area contributed by atoms with Gasteiger partial charge in [-0.05, 0) is 24.6 Å². The number of ether oxygens (including phenoxy) is 1. The summed E-state index contributed by atoms with van der Waals surface area (Å²) in [5.74, 6) is -0.439. The zero-order valence-electron chi connectivity index (χ0n) is 9.42. The molecule has 0 radical (unpaired) electrons. The van der Waals surface area contributed by atoms with E-state index in [2.05, 4.69) is 10.1 Å². The van der Waals surface area contributed by atoms with Crippen molar-refractivity contribution in [3.8, 4) is 0 Å². The van der Waals surface area contributed by atoms with E-state index in [0.29, 0.717) is 5.56 Å². The van der Waals surface area contributed by atoms with Gasteiger partial charge >= 0.3 is 12.3 Å². The van der Waals surface area contributed by atoms with E-state index >= 15 is 0 Å². The van der Waals surface area contributed by atoms with E-state index in [9.17, 15) is 22.4 Å². The maximum absolute atomic E-state index is 12.6. The van der Waals surface area contributed by atoms with Gasteiger partial charge in [0.1, 0.15) is 5.82 Å². The van der Waals surface area contributed by atoms with E-state index in [-0.39, 0.29) is 0 Å². The number of carbonyl (C=O) groups is 1. The van der Waals surface area contributed by atoms with Crippen molar-refractivity contribution in [3.05, 3.63) is 35.6 Å². The summed E-state index contributed by atoms with van der Waals surface area (Å²) in [6, 6.07) is 4.64. The molecule has 1 amide bonds. The Morgan fingerprint density at radius 2 is 1.89 bits per heavy atom. The monoisotopic (exact) mass is 265 g/mol. The highest BCUT2D eigenvalue weighted by molar-refractivity contribution is 5.67. The number of benzene rings is 1. The van der Waals surface area contributed by atoms with Crippen LogP contribution in [0, 0.1) is 5.82 Å². The predicted molar refractivity (Wildman–Crippen MR) is 55.4 cm³/mol. The van der Waals surface area contributed by atoms with E-state index in [1.807, 2.05) is 0 Å². The Balaban J connectivity index is 2.47. The maximum atomic E-state index is 12.6. The first-order valence-electron chi connectivity index (χ1n) is 5.03. The molecule has 1 aromatic rings. The van der Waals surface area contributed by atoms with Crippen LogP contribution in [0.2, 0.25) is 0 Å². The molecule has 3 nitrogen and oxygen atoms in total. The number of rotatable bonds is 3. The summed E-state index contributed by atoms with van der Waals surface area (Å²) in [5, 5.41) is 2.20. The van der Waals surface area contributed by atoms with Crippen LogP contribution in [-0.4, -0.2) is 18.9 Å². The Hall–Kier alpha value is -1.79. The van der Waals surface area contributed by atoms with Crippen LogP contribution < -0.4 is 5.32 Å². The van der Waals surface area contributed by atoms with Crippen LogP contribution in [0.15, 0.2) is 24.3 Å². The van der Waals surface area contributed by atoms with Crippen LogP contribution in [0.1, 0.15) is 18.5 Å². The van der Waals surface area contributed by atoms with Crippen LogP contribution in [0.25, 0.3) is 0 Å². The van der Waals surface area contributed by atoms with Gasteiger partial charge in [0.05, 0.1) is 6.04 Å². The molecular formula is C11H11F4NO2. The third-order valence-corrected chi connectivity index (χ3v) is 2.07. The van der Waals surface area contributed by atoms with Crippen LogP contribution in [-0.2, 0) is 4.74 Å². The molecule has 1 N–H and O–H groups in total. The third-order valence-electron chi connectivity index (χ3n) is 2.07. The molecule has 18 heavy (non-hydrogen) atoms. The summed E-state index contributed by atoms with van der Waals surface area (Å²) in [6.07, 6.45) is -5.74. The predicted octanol–water partition coefficient (Wildman–Crippen LogP) is 3.18. The number of hydrogen-bond donors (Lipinski definition) is 1. The zero-order chi connectivity index (χ0) is 13.8. The molecule has 0 aliphatic carbocycles. The lowest BCUT2D eigenvalue weighted by molar-refractivity contribution is -0.160. The molecule has 0 aliphatic heterocycles. The minimum Gasteiger partial charge on any atom is -0.440 e. The number of hydrogen-bond acceptors (Lipinski definition) is 2. The van der Waals surface area contributed by atoms with Gasteiger partial charge in [0.25, 0.3) is 0 Å². The normalized spacial score (nSPS) is 12.9. The molecule has 1 rings (SSSR count). The van der Waals surface area contributed by atoms with E-state index in [1.165, 1.54) is 24.3 Å². The highest BCUT2D eigenvalue weighted by Gasteiger charge is 2.29. The Morgan fingerprint density at radius 3 is 2.39 bits per heavy atom. The van der Waals surface area contributed by atoms with E-state index in [0.717, 1.165) is 0 Å². The van der Waals surface area contributed by atoms with Crippen molar-refractivity contribution in [1.29, 1.82) is 0 Å². The molecule has 0 fully saturated rings. The molecular weight excluding hydrogens is 254 g/mol. The first kappa shape index (κ1) is 14.3. The molecule has 0 aromatic heterocycles. The second-order valence-corrected chi connectivity index (χ2v) is 3.61. The van der Waals surface area contributed by atoms with Crippen LogP contribution >= 0.6 is 0 Å². The quantitative estimate of drug-likeness (QED) is 0.852. The molecule has 0 saturated heterocycles. The van der Waals surface area contributed by atoms with Gasteiger partial charge in [-0.3, -0.25) is 0 Å². The standard InChI is InChI=1S/C11H11F4NO2/c1-7(8-2-4-9(12)5-3-8)16-10(17)18-6-11(13,14)15/h2-5,7H,6H2,1H3,(H,16,17)/t7-/m1/s1. The Bertz CT molecular complexity index is 402. The van der Waals surface area contributed by atoms with E-state index in [4.69, 9.17) is 0 Å². The van der Waals surface area contributed by atoms with Gasteiger partial charge in [0.15, 0.2) is 6.61 Å². The summed E-state index contributed by atoms with van der Waals surface area (Å²) in [5.41, 5.74) is 0.556. The van der Waals surface area contributed by atoms with Crippen LogP contribution in [0.3, 0.4) is 0 Å². The summed E-state index contributed by atoms with van der Waals surface area (Å²) in [7, 11) is 0. The van der Waals surface area contributed by atoms with Gasteiger partial charge in [-0.15, -0.1) is 0 Å². The Morgan fingerprint density at radius 1 is 1.33 bits per heavy atom. The first-order valence-corrected chi connectivity index (χ1v) is 5.03. The molecule has 0 spiro atoms. The molecule has 0 bridgehead atoms. The second kappa shape index (κ2) is 5.70. The Labute approximate surface area is 101 Å².